The number of methoxy groups -OCH3 is 1. The zero-order chi connectivity index (χ0) is 13.7. The minimum absolute atomic E-state index is 0.193. The number of rotatable bonds is 5. The fourth-order valence-corrected chi connectivity index (χ4v) is 1.80. The summed E-state index contributed by atoms with van der Waals surface area (Å²) in [4.78, 5) is 18.0. The summed E-state index contributed by atoms with van der Waals surface area (Å²) in [6.07, 6.45) is 2.14. The first-order valence-corrected chi connectivity index (χ1v) is 6.18. The molecule has 2 N–H and O–H groups in total. The molecule has 0 amide bonds. The molecule has 0 aliphatic carbocycles. The van der Waals surface area contributed by atoms with Crippen LogP contribution in [0.4, 0.5) is 5.82 Å². The van der Waals surface area contributed by atoms with Gasteiger partial charge in [0.05, 0.1) is 13.4 Å². The number of halogens is 1. The second-order valence-corrected chi connectivity index (χ2v) is 4.35. The summed E-state index contributed by atoms with van der Waals surface area (Å²) in [5, 5.41) is 3.80. The lowest BCUT2D eigenvalue weighted by atomic mass is 10.1. The first kappa shape index (κ1) is 13.4. The van der Waals surface area contributed by atoms with Crippen LogP contribution in [0.1, 0.15) is 5.56 Å². The molecular weight excluding hydrogens is 266 g/mol. The quantitative estimate of drug-likeness (QED) is 0.879. The lowest BCUT2D eigenvalue weighted by Crippen LogP contribution is -2.15. The third-order valence-corrected chi connectivity index (χ3v) is 2.89. The number of hydrogen-bond acceptors (Lipinski definition) is 4. The molecule has 0 spiro atoms. The van der Waals surface area contributed by atoms with Gasteiger partial charge in [-0.1, -0.05) is 23.7 Å². The second kappa shape index (κ2) is 6.24. The Hall–Kier alpha value is -2.01. The van der Waals surface area contributed by atoms with Crippen molar-refractivity contribution in [3.8, 4) is 5.75 Å². The number of anilines is 1. The highest BCUT2D eigenvalue weighted by atomic mass is 35.5. The predicted octanol–water partition coefficient (Wildman–Crippen LogP) is 2.09. The van der Waals surface area contributed by atoms with Crippen molar-refractivity contribution in [3.05, 3.63) is 51.5 Å². The Labute approximate surface area is 115 Å². The zero-order valence-corrected chi connectivity index (χ0v) is 11.2. The van der Waals surface area contributed by atoms with E-state index in [2.05, 4.69) is 15.3 Å². The van der Waals surface area contributed by atoms with Crippen LogP contribution in [0, 0.1) is 0 Å². The van der Waals surface area contributed by atoms with Crippen LogP contribution in [0.25, 0.3) is 0 Å². The lowest BCUT2D eigenvalue weighted by Gasteiger charge is -2.08. The van der Waals surface area contributed by atoms with Crippen LogP contribution in [-0.2, 0) is 6.42 Å². The Morgan fingerprint density at radius 1 is 1.37 bits per heavy atom. The van der Waals surface area contributed by atoms with Crippen LogP contribution in [0.5, 0.6) is 5.75 Å². The van der Waals surface area contributed by atoms with E-state index in [1.807, 2.05) is 24.3 Å². The molecule has 0 fully saturated rings. The molecule has 0 aliphatic rings. The zero-order valence-electron chi connectivity index (χ0n) is 10.4. The van der Waals surface area contributed by atoms with Gasteiger partial charge in [0.15, 0.2) is 5.82 Å². The van der Waals surface area contributed by atoms with Gasteiger partial charge in [-0.2, -0.15) is 0 Å². The molecule has 0 saturated heterocycles. The van der Waals surface area contributed by atoms with E-state index in [9.17, 15) is 4.79 Å². The number of nitrogens with one attached hydrogen (secondary N) is 2. The van der Waals surface area contributed by atoms with Gasteiger partial charge in [0.25, 0.3) is 5.56 Å². The number of benzene rings is 1. The van der Waals surface area contributed by atoms with Crippen molar-refractivity contribution in [2.75, 3.05) is 19.0 Å². The predicted molar refractivity (Wildman–Crippen MR) is 75.1 cm³/mol. The summed E-state index contributed by atoms with van der Waals surface area (Å²) in [5.41, 5.74) is 0.854. The average molecular weight is 280 g/mol. The van der Waals surface area contributed by atoms with Crippen LogP contribution in [-0.4, -0.2) is 23.6 Å². The molecule has 1 heterocycles. The monoisotopic (exact) mass is 279 g/mol. The SMILES string of the molecule is COc1c(NCCc2ccc(Cl)cc2)nc[nH]c1=O. The average Bonchev–Trinajstić information content (AvgIpc) is 2.41. The maximum absolute atomic E-state index is 11.5. The molecule has 0 atom stereocenters. The van der Waals surface area contributed by atoms with Crippen LogP contribution >= 0.6 is 11.6 Å². The smallest absolute Gasteiger partial charge is 0.295 e. The standard InChI is InChI=1S/C13H14ClN3O2/c1-19-11-12(16-8-17-13(11)18)15-7-6-9-2-4-10(14)5-3-9/h2-5,8H,6-7H2,1H3,(H2,15,16,17,18). The Kier molecular flexibility index (Phi) is 4.41. The fraction of sp³-hybridized carbons (Fsp3) is 0.231. The molecule has 1 aromatic heterocycles. The normalized spacial score (nSPS) is 10.2. The summed E-state index contributed by atoms with van der Waals surface area (Å²) < 4.78 is 5.01. The number of aromatic amines is 1. The molecule has 1 aromatic carbocycles. The third-order valence-electron chi connectivity index (χ3n) is 2.63. The number of ether oxygens (including phenoxy) is 1. The highest BCUT2D eigenvalue weighted by molar-refractivity contribution is 6.30. The van der Waals surface area contributed by atoms with E-state index in [-0.39, 0.29) is 11.3 Å². The van der Waals surface area contributed by atoms with Gasteiger partial charge in [0.2, 0.25) is 5.75 Å². The van der Waals surface area contributed by atoms with E-state index < -0.39 is 0 Å². The molecule has 0 saturated carbocycles. The molecule has 6 heteroatoms. The first-order valence-electron chi connectivity index (χ1n) is 5.80. The van der Waals surface area contributed by atoms with Crippen molar-refractivity contribution >= 4 is 17.4 Å². The molecule has 0 unspecified atom stereocenters. The maximum atomic E-state index is 11.5. The fourth-order valence-electron chi connectivity index (χ4n) is 1.68. The van der Waals surface area contributed by atoms with Crippen molar-refractivity contribution in [2.24, 2.45) is 0 Å². The molecule has 5 nitrogen and oxygen atoms in total. The van der Waals surface area contributed by atoms with Gasteiger partial charge in [-0.3, -0.25) is 4.79 Å². The summed E-state index contributed by atoms with van der Waals surface area (Å²) in [7, 11) is 1.44. The largest absolute Gasteiger partial charge is 0.489 e. The summed E-state index contributed by atoms with van der Waals surface area (Å²) in [6.45, 7) is 0.647. The van der Waals surface area contributed by atoms with E-state index in [0.29, 0.717) is 12.4 Å². The summed E-state index contributed by atoms with van der Waals surface area (Å²) in [5.74, 6) is 0.638. The summed E-state index contributed by atoms with van der Waals surface area (Å²) in [6, 6.07) is 7.63. The van der Waals surface area contributed by atoms with Gasteiger partial charge >= 0.3 is 0 Å². The third kappa shape index (κ3) is 3.48. The number of nitrogens with zero attached hydrogens (tertiary/aromatic N) is 1. The molecular formula is C13H14ClN3O2. The highest BCUT2D eigenvalue weighted by Crippen LogP contribution is 2.14. The van der Waals surface area contributed by atoms with Crippen molar-refractivity contribution < 1.29 is 4.74 Å². The minimum Gasteiger partial charge on any atom is -0.489 e. The number of aromatic nitrogens is 2. The van der Waals surface area contributed by atoms with Crippen molar-refractivity contribution in [3.63, 3.8) is 0 Å². The van der Waals surface area contributed by atoms with Crippen LogP contribution in [0.3, 0.4) is 0 Å². The highest BCUT2D eigenvalue weighted by Gasteiger charge is 2.07. The molecule has 0 radical (unpaired) electrons. The van der Waals surface area contributed by atoms with Gasteiger partial charge < -0.3 is 15.0 Å². The van der Waals surface area contributed by atoms with Crippen LogP contribution < -0.4 is 15.6 Å². The second-order valence-electron chi connectivity index (χ2n) is 3.92. The molecule has 2 aromatic rings. The maximum Gasteiger partial charge on any atom is 0.295 e. The van der Waals surface area contributed by atoms with E-state index in [1.54, 1.807) is 0 Å². The summed E-state index contributed by atoms with van der Waals surface area (Å²) >= 11 is 5.82. The molecule has 0 bridgehead atoms. The lowest BCUT2D eigenvalue weighted by molar-refractivity contribution is 0.408. The minimum atomic E-state index is -0.300. The Bertz CT molecular complexity index is 596. The molecule has 100 valence electrons. The van der Waals surface area contributed by atoms with Crippen LogP contribution in [0.2, 0.25) is 5.02 Å². The topological polar surface area (TPSA) is 67.0 Å². The molecule has 0 aliphatic heterocycles. The van der Waals surface area contributed by atoms with Gasteiger partial charge in [0.1, 0.15) is 0 Å². The molecule has 19 heavy (non-hydrogen) atoms. The molecule has 2 rings (SSSR count). The van der Waals surface area contributed by atoms with Crippen molar-refractivity contribution in [1.82, 2.24) is 9.97 Å². The van der Waals surface area contributed by atoms with Gasteiger partial charge in [0, 0.05) is 11.6 Å². The Balaban J connectivity index is 1.98. The Morgan fingerprint density at radius 2 is 2.11 bits per heavy atom. The van der Waals surface area contributed by atoms with E-state index in [1.165, 1.54) is 13.4 Å². The van der Waals surface area contributed by atoms with Gasteiger partial charge in [-0.15, -0.1) is 0 Å². The van der Waals surface area contributed by atoms with Crippen molar-refractivity contribution in [2.45, 2.75) is 6.42 Å². The number of H-pyrrole nitrogens is 1. The Morgan fingerprint density at radius 3 is 2.79 bits per heavy atom. The van der Waals surface area contributed by atoms with Crippen molar-refractivity contribution in [1.29, 1.82) is 0 Å². The van der Waals surface area contributed by atoms with E-state index in [4.69, 9.17) is 16.3 Å². The van der Waals surface area contributed by atoms with E-state index in [0.717, 1.165) is 17.0 Å². The number of hydrogen-bond donors (Lipinski definition) is 2. The van der Waals surface area contributed by atoms with Gasteiger partial charge in [-0.25, -0.2) is 4.98 Å². The van der Waals surface area contributed by atoms with Gasteiger partial charge in [-0.05, 0) is 24.1 Å². The first-order chi connectivity index (χ1) is 9.20. The van der Waals surface area contributed by atoms with E-state index >= 15 is 0 Å². The van der Waals surface area contributed by atoms with Crippen LogP contribution in [0.15, 0.2) is 35.4 Å².